The molecule has 2 heterocycles. The maximum absolute atomic E-state index is 12.9. The van der Waals surface area contributed by atoms with E-state index in [4.69, 9.17) is 0 Å². The Hall–Kier alpha value is -3.27. The molecule has 130 valence electrons. The average molecular weight is 346 g/mol. The van der Waals surface area contributed by atoms with Crippen LogP contribution in [-0.4, -0.2) is 37.0 Å². The van der Waals surface area contributed by atoms with Gasteiger partial charge in [0.1, 0.15) is 5.82 Å². The van der Waals surface area contributed by atoms with Crippen LogP contribution in [0.4, 0.5) is 10.3 Å². The number of aromatic amines is 1. The second-order valence-electron chi connectivity index (χ2n) is 5.22. The zero-order chi connectivity index (χ0) is 18.0. The van der Waals surface area contributed by atoms with Crippen LogP contribution in [0.5, 0.6) is 0 Å². The van der Waals surface area contributed by atoms with Crippen LogP contribution in [0.3, 0.4) is 0 Å². The molecule has 0 radical (unpaired) electrons. The van der Waals surface area contributed by atoms with E-state index in [0.717, 1.165) is 0 Å². The Morgan fingerprint density at radius 1 is 1.36 bits per heavy atom. The van der Waals surface area contributed by atoms with E-state index in [1.165, 1.54) is 34.5 Å². The van der Waals surface area contributed by atoms with Gasteiger partial charge in [0.15, 0.2) is 11.2 Å². The van der Waals surface area contributed by atoms with Crippen LogP contribution >= 0.6 is 0 Å². The Bertz CT molecular complexity index is 1050. The molecule has 3 rings (SSSR count). The molecule has 10 heteroatoms. The third kappa shape index (κ3) is 3.19. The van der Waals surface area contributed by atoms with Crippen LogP contribution in [0.1, 0.15) is 5.56 Å². The Kier molecular flexibility index (Phi) is 4.44. The lowest BCUT2D eigenvalue weighted by Gasteiger charge is -2.05. The fraction of sp³-hybridized carbons (Fsp3) is 0.200. The molecular weight excluding hydrogens is 331 g/mol. The maximum Gasteiger partial charge on any atom is 0.329 e. The van der Waals surface area contributed by atoms with Crippen molar-refractivity contribution in [2.24, 2.45) is 12.1 Å². The molecule has 0 fully saturated rings. The van der Waals surface area contributed by atoms with Gasteiger partial charge in [-0.05, 0) is 17.7 Å². The molecule has 0 bridgehead atoms. The Labute approximate surface area is 140 Å². The summed E-state index contributed by atoms with van der Waals surface area (Å²) in [5.41, 5.74) is 2.45. The number of fused-ring (bicyclic) bond motifs is 1. The summed E-state index contributed by atoms with van der Waals surface area (Å²) in [6.07, 6.45) is 1.45. The first-order chi connectivity index (χ1) is 12.0. The van der Waals surface area contributed by atoms with Gasteiger partial charge in [-0.1, -0.05) is 12.1 Å². The smallest absolute Gasteiger partial charge is 0.329 e. The summed E-state index contributed by atoms with van der Waals surface area (Å²) in [4.78, 5) is 30.2. The molecule has 0 saturated carbocycles. The number of hydrogen-bond donors (Lipinski definition) is 3. The Morgan fingerprint density at radius 2 is 2.08 bits per heavy atom. The monoisotopic (exact) mass is 346 g/mol. The van der Waals surface area contributed by atoms with Crippen LogP contribution in [-0.2, 0) is 13.6 Å². The third-order valence-corrected chi connectivity index (χ3v) is 3.58. The number of aromatic nitrogens is 4. The van der Waals surface area contributed by atoms with Crippen molar-refractivity contribution >= 4 is 23.3 Å². The van der Waals surface area contributed by atoms with Crippen molar-refractivity contribution in [3.63, 3.8) is 0 Å². The first-order valence-electron chi connectivity index (χ1n) is 7.36. The summed E-state index contributed by atoms with van der Waals surface area (Å²) in [6, 6.07) is 5.70. The molecule has 2 aromatic heterocycles. The molecule has 9 nitrogen and oxygen atoms in total. The number of anilines is 1. The summed E-state index contributed by atoms with van der Waals surface area (Å²) < 4.78 is 15.5. The minimum absolute atomic E-state index is 0.0895. The van der Waals surface area contributed by atoms with Crippen molar-refractivity contribution in [1.82, 2.24) is 19.1 Å². The SMILES string of the molecule is Cn1c(=O)[nH]c(=O)c2c1nc(NN=Cc1ccc(F)cc1)n2CCO. The number of hydrazone groups is 1. The summed E-state index contributed by atoms with van der Waals surface area (Å²) in [7, 11) is 1.47. The fourth-order valence-electron chi connectivity index (χ4n) is 2.35. The fourth-order valence-corrected chi connectivity index (χ4v) is 2.35. The van der Waals surface area contributed by atoms with Gasteiger partial charge in [0.25, 0.3) is 5.56 Å². The topological polar surface area (TPSA) is 117 Å². The molecule has 0 aliphatic rings. The van der Waals surface area contributed by atoms with Gasteiger partial charge in [-0.25, -0.2) is 14.6 Å². The molecule has 3 aromatic rings. The van der Waals surface area contributed by atoms with E-state index in [1.807, 2.05) is 0 Å². The number of nitrogens with zero attached hydrogens (tertiary/aromatic N) is 4. The lowest BCUT2D eigenvalue weighted by molar-refractivity contribution is 0.278. The van der Waals surface area contributed by atoms with Crippen molar-refractivity contribution in [1.29, 1.82) is 0 Å². The Balaban J connectivity index is 2.00. The highest BCUT2D eigenvalue weighted by atomic mass is 19.1. The van der Waals surface area contributed by atoms with Crippen molar-refractivity contribution < 1.29 is 9.50 Å². The normalized spacial score (nSPS) is 11.5. The molecule has 3 N–H and O–H groups in total. The molecule has 1 aromatic carbocycles. The molecule has 0 saturated heterocycles. The van der Waals surface area contributed by atoms with Crippen molar-refractivity contribution in [3.8, 4) is 0 Å². The highest BCUT2D eigenvalue weighted by Crippen LogP contribution is 2.14. The number of aliphatic hydroxyl groups excluding tert-OH is 1. The molecule has 0 unspecified atom stereocenters. The van der Waals surface area contributed by atoms with E-state index in [0.29, 0.717) is 5.56 Å². The summed E-state index contributed by atoms with van der Waals surface area (Å²) in [5, 5.41) is 13.2. The van der Waals surface area contributed by atoms with Crippen molar-refractivity contribution in [2.45, 2.75) is 6.54 Å². The highest BCUT2D eigenvalue weighted by molar-refractivity contribution is 5.80. The third-order valence-electron chi connectivity index (χ3n) is 3.58. The van der Waals surface area contributed by atoms with Gasteiger partial charge in [-0.3, -0.25) is 14.3 Å². The summed E-state index contributed by atoms with van der Waals surface area (Å²) in [5.74, 6) is -0.163. The summed E-state index contributed by atoms with van der Waals surface area (Å²) >= 11 is 0. The van der Waals surface area contributed by atoms with Gasteiger partial charge in [0, 0.05) is 13.6 Å². The molecule has 0 spiro atoms. The predicted molar refractivity (Wildman–Crippen MR) is 90.3 cm³/mol. The number of rotatable bonds is 5. The van der Waals surface area contributed by atoms with E-state index in [-0.39, 0.29) is 36.1 Å². The van der Waals surface area contributed by atoms with E-state index in [9.17, 15) is 19.1 Å². The number of aryl methyl sites for hydroxylation is 1. The van der Waals surface area contributed by atoms with Crippen LogP contribution < -0.4 is 16.7 Å². The quantitative estimate of drug-likeness (QED) is 0.444. The second-order valence-corrected chi connectivity index (χ2v) is 5.22. The minimum Gasteiger partial charge on any atom is -0.395 e. The van der Waals surface area contributed by atoms with E-state index >= 15 is 0 Å². The number of aliphatic hydroxyl groups is 1. The lowest BCUT2D eigenvalue weighted by Crippen LogP contribution is -2.29. The lowest BCUT2D eigenvalue weighted by atomic mass is 10.2. The highest BCUT2D eigenvalue weighted by Gasteiger charge is 2.16. The van der Waals surface area contributed by atoms with Crippen LogP contribution in [0.25, 0.3) is 11.2 Å². The second kappa shape index (κ2) is 6.69. The number of hydrogen-bond acceptors (Lipinski definition) is 6. The average Bonchev–Trinajstić information content (AvgIpc) is 2.94. The Morgan fingerprint density at radius 3 is 2.76 bits per heavy atom. The standard InChI is InChI=1S/C15H15FN6O3/c1-21-12-11(13(24)19-15(21)25)22(6-7-23)14(18-12)20-17-8-9-2-4-10(16)5-3-9/h2-5,8,23H,6-7H2,1H3,(H,18,20)(H,19,24,25). The van der Waals surface area contributed by atoms with Crippen molar-refractivity contribution in [2.75, 3.05) is 12.0 Å². The number of halogens is 1. The molecular formula is C15H15FN6O3. The largest absolute Gasteiger partial charge is 0.395 e. The minimum atomic E-state index is -0.602. The van der Waals surface area contributed by atoms with Crippen LogP contribution in [0, 0.1) is 5.82 Å². The first-order valence-corrected chi connectivity index (χ1v) is 7.36. The number of imidazole rings is 1. The zero-order valence-electron chi connectivity index (χ0n) is 13.2. The van der Waals surface area contributed by atoms with Gasteiger partial charge in [-0.15, -0.1) is 0 Å². The predicted octanol–water partition coefficient (Wildman–Crippen LogP) is 0.000700. The van der Waals surface area contributed by atoms with Gasteiger partial charge in [0.2, 0.25) is 5.95 Å². The number of benzene rings is 1. The summed E-state index contributed by atoms with van der Waals surface area (Å²) in [6.45, 7) is -0.143. The maximum atomic E-state index is 12.9. The van der Waals surface area contributed by atoms with E-state index in [1.54, 1.807) is 12.1 Å². The molecule has 25 heavy (non-hydrogen) atoms. The van der Waals surface area contributed by atoms with Crippen LogP contribution in [0.15, 0.2) is 39.0 Å². The van der Waals surface area contributed by atoms with E-state index < -0.39 is 11.2 Å². The van der Waals surface area contributed by atoms with Gasteiger partial charge >= 0.3 is 5.69 Å². The molecule has 0 atom stereocenters. The zero-order valence-corrected chi connectivity index (χ0v) is 13.2. The van der Waals surface area contributed by atoms with Gasteiger partial charge < -0.3 is 9.67 Å². The van der Waals surface area contributed by atoms with Crippen molar-refractivity contribution in [3.05, 3.63) is 56.5 Å². The molecule has 0 aliphatic heterocycles. The van der Waals surface area contributed by atoms with E-state index in [2.05, 4.69) is 20.5 Å². The number of nitrogens with one attached hydrogen (secondary N) is 2. The first kappa shape index (κ1) is 16.6. The molecule has 0 amide bonds. The van der Waals surface area contributed by atoms with Crippen LogP contribution in [0.2, 0.25) is 0 Å². The number of H-pyrrole nitrogens is 1. The van der Waals surface area contributed by atoms with Gasteiger partial charge in [-0.2, -0.15) is 10.1 Å². The molecule has 0 aliphatic carbocycles. The van der Waals surface area contributed by atoms with Gasteiger partial charge in [0.05, 0.1) is 12.8 Å².